The lowest BCUT2D eigenvalue weighted by Crippen LogP contribution is -2.07. The predicted molar refractivity (Wildman–Crippen MR) is 59.2 cm³/mol. The molecule has 0 aromatic heterocycles. The molecule has 0 bridgehead atoms. The highest BCUT2D eigenvalue weighted by atomic mass is 16.1. The molecular weight excluding hydrogens is 190 g/mol. The summed E-state index contributed by atoms with van der Waals surface area (Å²) in [5.41, 5.74) is 3.37. The molecule has 0 saturated heterocycles. The first kappa shape index (κ1) is 9.53. The van der Waals surface area contributed by atoms with Crippen LogP contribution in [-0.4, -0.2) is 12.5 Å². The van der Waals surface area contributed by atoms with Crippen LogP contribution in [0.4, 0.5) is 17.1 Å². The van der Waals surface area contributed by atoms with Crippen molar-refractivity contribution in [3.63, 3.8) is 0 Å². The maximum Gasteiger partial charge on any atom is 0.221 e. The Hall–Kier alpha value is -2.02. The molecule has 0 atom stereocenters. The van der Waals surface area contributed by atoms with E-state index >= 15 is 0 Å². The Morgan fingerprint density at radius 2 is 2.40 bits per heavy atom. The summed E-state index contributed by atoms with van der Waals surface area (Å²) in [4.78, 5) is 14.4. The Bertz CT molecular complexity index is 460. The van der Waals surface area contributed by atoms with Gasteiger partial charge in [0.2, 0.25) is 5.91 Å². The van der Waals surface area contributed by atoms with E-state index in [1.54, 1.807) is 6.07 Å². The highest BCUT2D eigenvalue weighted by Gasteiger charge is 2.16. The van der Waals surface area contributed by atoms with Gasteiger partial charge in [0, 0.05) is 24.8 Å². The lowest BCUT2D eigenvalue weighted by molar-refractivity contribution is -0.114. The minimum absolute atomic E-state index is 0.105. The van der Waals surface area contributed by atoms with Gasteiger partial charge in [-0.05, 0) is 24.1 Å². The number of carbonyl (C=O) groups excluding carboxylic acids is 1. The summed E-state index contributed by atoms with van der Waals surface area (Å²) in [7, 11) is 0. The van der Waals surface area contributed by atoms with Gasteiger partial charge in [0.15, 0.2) is 5.69 Å². The Labute approximate surface area is 88.1 Å². The second-order valence-electron chi connectivity index (χ2n) is 3.49. The molecule has 1 amide bonds. The molecule has 1 aromatic rings. The number of nitrogens with one attached hydrogen (secondary N) is 2. The number of anilines is 2. The van der Waals surface area contributed by atoms with Crippen LogP contribution in [0.25, 0.3) is 4.85 Å². The first-order valence-corrected chi connectivity index (χ1v) is 4.76. The van der Waals surface area contributed by atoms with Crippen LogP contribution in [-0.2, 0) is 11.2 Å². The maximum atomic E-state index is 11.0. The van der Waals surface area contributed by atoms with Crippen LogP contribution in [0.1, 0.15) is 12.5 Å². The summed E-state index contributed by atoms with van der Waals surface area (Å²) >= 11 is 0. The Balaban J connectivity index is 2.48. The molecular formula is C11H11N3O. The molecule has 0 saturated carbocycles. The van der Waals surface area contributed by atoms with E-state index < -0.39 is 0 Å². The lowest BCUT2D eigenvalue weighted by atomic mass is 10.1. The monoisotopic (exact) mass is 201 g/mol. The van der Waals surface area contributed by atoms with Gasteiger partial charge in [-0.2, -0.15) is 0 Å². The van der Waals surface area contributed by atoms with Gasteiger partial charge < -0.3 is 10.6 Å². The fourth-order valence-electron chi connectivity index (χ4n) is 1.77. The van der Waals surface area contributed by atoms with E-state index in [9.17, 15) is 4.79 Å². The fraction of sp³-hybridized carbons (Fsp3) is 0.273. The Morgan fingerprint density at radius 3 is 3.07 bits per heavy atom. The van der Waals surface area contributed by atoms with Gasteiger partial charge in [0.05, 0.1) is 6.57 Å². The number of rotatable bonds is 1. The molecule has 1 aromatic carbocycles. The molecule has 4 heteroatoms. The van der Waals surface area contributed by atoms with Crippen molar-refractivity contribution in [2.45, 2.75) is 13.3 Å². The van der Waals surface area contributed by atoms with Gasteiger partial charge in [0.25, 0.3) is 0 Å². The van der Waals surface area contributed by atoms with Crippen LogP contribution in [0.3, 0.4) is 0 Å². The van der Waals surface area contributed by atoms with Gasteiger partial charge in [-0.15, -0.1) is 0 Å². The SMILES string of the molecule is [C-]#[N+]c1cc2c(c(NC(C)=O)c1)CCN2. The first-order chi connectivity index (χ1) is 7.20. The molecule has 0 spiro atoms. The molecule has 15 heavy (non-hydrogen) atoms. The summed E-state index contributed by atoms with van der Waals surface area (Å²) < 4.78 is 0. The average molecular weight is 201 g/mol. The molecule has 2 rings (SSSR count). The van der Waals surface area contributed by atoms with Crippen molar-refractivity contribution in [2.24, 2.45) is 0 Å². The van der Waals surface area contributed by atoms with Crippen LogP contribution in [0.15, 0.2) is 12.1 Å². The van der Waals surface area contributed by atoms with Gasteiger partial charge in [-0.1, -0.05) is 0 Å². The summed E-state index contributed by atoms with van der Waals surface area (Å²) in [5.74, 6) is -0.105. The first-order valence-electron chi connectivity index (χ1n) is 4.76. The van der Waals surface area contributed by atoms with Crippen LogP contribution in [0.5, 0.6) is 0 Å². The van der Waals surface area contributed by atoms with E-state index in [0.717, 1.165) is 29.9 Å². The van der Waals surface area contributed by atoms with Crippen molar-refractivity contribution in [1.29, 1.82) is 0 Å². The highest BCUT2D eigenvalue weighted by Crippen LogP contribution is 2.34. The van der Waals surface area contributed by atoms with Crippen LogP contribution < -0.4 is 10.6 Å². The number of hydrogen-bond acceptors (Lipinski definition) is 2. The smallest absolute Gasteiger partial charge is 0.221 e. The zero-order valence-electron chi connectivity index (χ0n) is 8.42. The number of benzene rings is 1. The summed E-state index contributed by atoms with van der Waals surface area (Å²) in [6.07, 6.45) is 0.892. The standard InChI is InChI=1S/C11H11N3O/c1-7(15)14-11-6-8(12-2)5-10-9(11)3-4-13-10/h5-6,13H,3-4H2,1H3,(H,14,15). The molecule has 1 aliphatic heterocycles. The largest absolute Gasteiger partial charge is 0.385 e. The van der Waals surface area contributed by atoms with Crippen molar-refractivity contribution >= 4 is 23.0 Å². The van der Waals surface area contributed by atoms with E-state index in [1.807, 2.05) is 6.07 Å². The molecule has 0 aliphatic carbocycles. The summed E-state index contributed by atoms with van der Waals surface area (Å²) in [6, 6.07) is 3.54. The number of nitrogens with zero attached hydrogens (tertiary/aromatic N) is 1. The van der Waals surface area contributed by atoms with Gasteiger partial charge >= 0.3 is 0 Å². The second-order valence-corrected chi connectivity index (χ2v) is 3.49. The van der Waals surface area contributed by atoms with Crippen molar-refractivity contribution in [3.8, 4) is 0 Å². The zero-order valence-corrected chi connectivity index (χ0v) is 8.42. The second kappa shape index (κ2) is 3.62. The van der Waals surface area contributed by atoms with Crippen LogP contribution >= 0.6 is 0 Å². The number of carbonyl (C=O) groups is 1. The van der Waals surface area contributed by atoms with E-state index in [4.69, 9.17) is 6.57 Å². The Morgan fingerprint density at radius 1 is 1.60 bits per heavy atom. The third-order valence-corrected chi connectivity index (χ3v) is 2.36. The number of fused-ring (bicyclic) bond motifs is 1. The summed E-state index contributed by atoms with van der Waals surface area (Å²) in [5, 5.41) is 5.95. The molecule has 0 radical (unpaired) electrons. The third-order valence-electron chi connectivity index (χ3n) is 2.36. The van der Waals surface area contributed by atoms with Crippen LogP contribution in [0, 0.1) is 6.57 Å². The van der Waals surface area contributed by atoms with Crippen molar-refractivity contribution in [3.05, 3.63) is 29.1 Å². The van der Waals surface area contributed by atoms with Gasteiger partial charge in [0.1, 0.15) is 0 Å². The average Bonchev–Trinajstić information content (AvgIpc) is 2.64. The van der Waals surface area contributed by atoms with Crippen LogP contribution in [0.2, 0.25) is 0 Å². The van der Waals surface area contributed by atoms with Gasteiger partial charge in [-0.25, -0.2) is 4.85 Å². The van der Waals surface area contributed by atoms with E-state index in [-0.39, 0.29) is 5.91 Å². The van der Waals surface area contributed by atoms with Crippen molar-refractivity contribution < 1.29 is 4.79 Å². The maximum absolute atomic E-state index is 11.0. The van der Waals surface area contributed by atoms with Crippen molar-refractivity contribution in [2.75, 3.05) is 17.2 Å². The Kier molecular flexibility index (Phi) is 2.30. The minimum Gasteiger partial charge on any atom is -0.385 e. The molecule has 1 aliphatic rings. The molecule has 76 valence electrons. The molecule has 4 nitrogen and oxygen atoms in total. The lowest BCUT2D eigenvalue weighted by Gasteiger charge is -2.09. The number of hydrogen-bond donors (Lipinski definition) is 2. The zero-order chi connectivity index (χ0) is 10.8. The van der Waals surface area contributed by atoms with E-state index in [2.05, 4.69) is 15.5 Å². The minimum atomic E-state index is -0.105. The topological polar surface area (TPSA) is 45.5 Å². The molecule has 0 fully saturated rings. The van der Waals surface area contributed by atoms with Crippen molar-refractivity contribution in [1.82, 2.24) is 0 Å². The molecule has 2 N–H and O–H groups in total. The van der Waals surface area contributed by atoms with Gasteiger partial charge in [-0.3, -0.25) is 4.79 Å². The normalized spacial score (nSPS) is 12.5. The predicted octanol–water partition coefficient (Wildman–Crippen LogP) is 2.16. The highest BCUT2D eigenvalue weighted by molar-refractivity contribution is 5.92. The molecule has 0 unspecified atom stereocenters. The quantitative estimate of drug-likeness (QED) is 0.684. The van der Waals surface area contributed by atoms with E-state index in [0.29, 0.717) is 5.69 Å². The third kappa shape index (κ3) is 1.77. The summed E-state index contributed by atoms with van der Waals surface area (Å²) in [6.45, 7) is 9.31. The number of amides is 1. The van der Waals surface area contributed by atoms with E-state index in [1.165, 1.54) is 6.92 Å². The fourth-order valence-corrected chi connectivity index (χ4v) is 1.77. The molecule has 1 heterocycles.